The molecular weight excluding hydrogens is 479 g/mol. The van der Waals surface area contributed by atoms with E-state index in [0.29, 0.717) is 11.5 Å². The molecule has 4 aromatic rings. The number of imidazole rings is 2. The van der Waals surface area contributed by atoms with E-state index in [-0.39, 0.29) is 23.4 Å². The van der Waals surface area contributed by atoms with Gasteiger partial charge in [0, 0.05) is 9.49 Å². The monoisotopic (exact) mass is 502 g/mol. The predicted molar refractivity (Wildman–Crippen MR) is 123 cm³/mol. The van der Waals surface area contributed by atoms with Crippen molar-refractivity contribution in [1.29, 1.82) is 0 Å². The predicted octanol–water partition coefficient (Wildman–Crippen LogP) is 4.88. The third-order valence-corrected chi connectivity index (χ3v) is 6.00. The summed E-state index contributed by atoms with van der Waals surface area (Å²) in [5.41, 5.74) is 2.99. The van der Waals surface area contributed by atoms with Crippen LogP contribution in [-0.4, -0.2) is 24.6 Å². The molecule has 4 rings (SSSR count). The van der Waals surface area contributed by atoms with Gasteiger partial charge < -0.3 is 15.1 Å². The standard InChI is InChI=1S/C22H23IN4O2/c1-12(2)18-21(28)27(22(29)26-18)19(13(3)14-7-5-4-6-8-14)20-24-16-10-9-15(23)11-17(16)25-20/h4-13,19,28H,1-3H3,(H,24,25)(H,26,29)/t13-,19-/m0/s1. The number of nitrogens with one attached hydrogen (secondary N) is 2. The van der Waals surface area contributed by atoms with Crippen molar-refractivity contribution in [2.75, 3.05) is 0 Å². The van der Waals surface area contributed by atoms with Crippen LogP contribution in [0.25, 0.3) is 11.0 Å². The summed E-state index contributed by atoms with van der Waals surface area (Å²) in [6, 6.07) is 15.5. The molecule has 2 aromatic heterocycles. The van der Waals surface area contributed by atoms with Gasteiger partial charge in [0.2, 0.25) is 5.88 Å². The Morgan fingerprint density at radius 2 is 1.79 bits per heavy atom. The van der Waals surface area contributed by atoms with Crippen LogP contribution in [0, 0.1) is 3.57 Å². The van der Waals surface area contributed by atoms with Crippen molar-refractivity contribution in [2.45, 2.75) is 38.6 Å². The molecular formula is C22H23IN4O2. The average Bonchev–Trinajstić information content (AvgIpc) is 3.24. The Kier molecular flexibility index (Phi) is 5.24. The van der Waals surface area contributed by atoms with E-state index in [4.69, 9.17) is 4.98 Å². The molecule has 3 N–H and O–H groups in total. The molecule has 0 aliphatic carbocycles. The number of hydrogen-bond donors (Lipinski definition) is 3. The van der Waals surface area contributed by atoms with E-state index in [1.807, 2.05) is 69.3 Å². The largest absolute Gasteiger partial charge is 0.493 e. The van der Waals surface area contributed by atoms with Crippen LogP contribution in [0.2, 0.25) is 0 Å². The zero-order valence-electron chi connectivity index (χ0n) is 16.5. The molecule has 0 saturated heterocycles. The van der Waals surface area contributed by atoms with Crippen molar-refractivity contribution >= 4 is 33.6 Å². The van der Waals surface area contributed by atoms with Gasteiger partial charge in [0.15, 0.2) is 0 Å². The maximum Gasteiger partial charge on any atom is 0.329 e. The van der Waals surface area contributed by atoms with Gasteiger partial charge in [0.1, 0.15) is 11.9 Å². The number of aromatic hydroxyl groups is 1. The van der Waals surface area contributed by atoms with Crippen LogP contribution in [0.15, 0.2) is 53.3 Å². The second-order valence-corrected chi connectivity index (χ2v) is 8.87. The van der Waals surface area contributed by atoms with E-state index in [9.17, 15) is 9.90 Å². The molecule has 0 radical (unpaired) electrons. The molecule has 0 saturated carbocycles. The van der Waals surface area contributed by atoms with Gasteiger partial charge >= 0.3 is 5.69 Å². The third-order valence-electron chi connectivity index (χ3n) is 5.33. The van der Waals surface area contributed by atoms with E-state index in [1.54, 1.807) is 0 Å². The summed E-state index contributed by atoms with van der Waals surface area (Å²) in [7, 11) is 0. The fourth-order valence-corrected chi connectivity index (χ4v) is 4.27. The summed E-state index contributed by atoms with van der Waals surface area (Å²) in [5.74, 6) is 0.502. The fourth-order valence-electron chi connectivity index (χ4n) is 3.78. The first kappa shape index (κ1) is 19.8. The van der Waals surface area contributed by atoms with Crippen molar-refractivity contribution in [3.63, 3.8) is 0 Å². The molecule has 6 nitrogen and oxygen atoms in total. The van der Waals surface area contributed by atoms with Crippen molar-refractivity contribution < 1.29 is 5.11 Å². The fraction of sp³-hybridized carbons (Fsp3) is 0.273. The number of rotatable bonds is 5. The van der Waals surface area contributed by atoms with E-state index >= 15 is 0 Å². The molecule has 0 bridgehead atoms. The van der Waals surface area contributed by atoms with Crippen LogP contribution in [0.1, 0.15) is 55.7 Å². The first-order valence-corrected chi connectivity index (χ1v) is 10.7. The lowest BCUT2D eigenvalue weighted by Gasteiger charge is -2.24. The number of aromatic amines is 2. The average molecular weight is 502 g/mol. The second-order valence-electron chi connectivity index (χ2n) is 7.62. The lowest BCUT2D eigenvalue weighted by atomic mass is 9.92. The highest BCUT2D eigenvalue weighted by Gasteiger charge is 2.31. The quantitative estimate of drug-likeness (QED) is 0.340. The van der Waals surface area contributed by atoms with Gasteiger partial charge in [0.25, 0.3) is 0 Å². The lowest BCUT2D eigenvalue weighted by molar-refractivity contribution is 0.364. The molecule has 2 atom stereocenters. The van der Waals surface area contributed by atoms with Gasteiger partial charge in [-0.3, -0.25) is 4.57 Å². The smallest absolute Gasteiger partial charge is 0.329 e. The second kappa shape index (κ2) is 7.70. The van der Waals surface area contributed by atoms with Gasteiger partial charge in [-0.1, -0.05) is 51.1 Å². The molecule has 0 aliphatic rings. The van der Waals surface area contributed by atoms with Crippen molar-refractivity contribution in [3.8, 4) is 5.88 Å². The summed E-state index contributed by atoms with van der Waals surface area (Å²) in [6.07, 6.45) is 0. The van der Waals surface area contributed by atoms with Crippen molar-refractivity contribution in [3.05, 3.63) is 79.7 Å². The van der Waals surface area contributed by atoms with Crippen LogP contribution in [0.3, 0.4) is 0 Å². The topological polar surface area (TPSA) is 86.7 Å². The Labute approximate surface area is 182 Å². The number of aromatic nitrogens is 4. The molecule has 0 amide bonds. The number of halogens is 1. The van der Waals surface area contributed by atoms with E-state index < -0.39 is 6.04 Å². The summed E-state index contributed by atoms with van der Waals surface area (Å²) in [5, 5.41) is 10.9. The molecule has 150 valence electrons. The molecule has 2 aromatic carbocycles. The molecule has 0 unspecified atom stereocenters. The number of benzene rings is 2. The molecule has 2 heterocycles. The zero-order valence-corrected chi connectivity index (χ0v) is 18.6. The number of fused-ring (bicyclic) bond motifs is 1. The maximum absolute atomic E-state index is 12.9. The van der Waals surface area contributed by atoms with Crippen LogP contribution in [0.4, 0.5) is 0 Å². The minimum Gasteiger partial charge on any atom is -0.493 e. The minimum atomic E-state index is -0.487. The molecule has 29 heavy (non-hydrogen) atoms. The highest BCUT2D eigenvalue weighted by molar-refractivity contribution is 14.1. The van der Waals surface area contributed by atoms with Crippen LogP contribution in [0.5, 0.6) is 5.88 Å². The Bertz CT molecular complexity index is 1210. The number of nitrogens with zero attached hydrogens (tertiary/aromatic N) is 2. The highest BCUT2D eigenvalue weighted by Crippen LogP contribution is 2.37. The van der Waals surface area contributed by atoms with Crippen LogP contribution < -0.4 is 5.69 Å². The van der Waals surface area contributed by atoms with Crippen LogP contribution >= 0.6 is 22.6 Å². The highest BCUT2D eigenvalue weighted by atomic mass is 127. The van der Waals surface area contributed by atoms with Crippen molar-refractivity contribution in [1.82, 2.24) is 19.5 Å². The van der Waals surface area contributed by atoms with Gasteiger partial charge in [-0.25, -0.2) is 9.78 Å². The Morgan fingerprint density at radius 3 is 2.45 bits per heavy atom. The Balaban J connectivity index is 1.93. The Morgan fingerprint density at radius 1 is 1.07 bits per heavy atom. The van der Waals surface area contributed by atoms with Crippen LogP contribution in [-0.2, 0) is 0 Å². The SMILES string of the molecule is CC(C)c1[nH]c(=O)n([C@H](c2nc3ccc(I)cc3[nH]2)[C@@H](C)c2ccccc2)c1O. The first-order chi connectivity index (χ1) is 13.9. The number of H-pyrrole nitrogens is 2. The Hall–Kier alpha value is -2.55. The molecule has 7 heteroatoms. The molecule has 0 fully saturated rings. The van der Waals surface area contributed by atoms with Gasteiger partial charge in [-0.2, -0.15) is 0 Å². The van der Waals surface area contributed by atoms with Gasteiger partial charge in [-0.05, 0) is 52.3 Å². The summed E-state index contributed by atoms with van der Waals surface area (Å²) >= 11 is 2.26. The lowest BCUT2D eigenvalue weighted by Crippen LogP contribution is -2.27. The molecule has 0 aliphatic heterocycles. The minimum absolute atomic E-state index is 0.00566. The van der Waals surface area contributed by atoms with E-state index in [0.717, 1.165) is 20.2 Å². The maximum atomic E-state index is 12.9. The molecule has 0 spiro atoms. The number of hydrogen-bond acceptors (Lipinski definition) is 3. The van der Waals surface area contributed by atoms with Crippen molar-refractivity contribution in [2.24, 2.45) is 0 Å². The summed E-state index contributed by atoms with van der Waals surface area (Å²) in [4.78, 5) is 23.9. The van der Waals surface area contributed by atoms with E-state index in [2.05, 4.69) is 32.6 Å². The van der Waals surface area contributed by atoms with Gasteiger partial charge in [-0.15, -0.1) is 0 Å². The first-order valence-electron chi connectivity index (χ1n) is 9.60. The van der Waals surface area contributed by atoms with E-state index in [1.165, 1.54) is 4.57 Å². The summed E-state index contributed by atoms with van der Waals surface area (Å²) in [6.45, 7) is 5.92. The van der Waals surface area contributed by atoms with Gasteiger partial charge in [0.05, 0.1) is 16.7 Å². The normalized spacial score (nSPS) is 13.8. The summed E-state index contributed by atoms with van der Waals surface area (Å²) < 4.78 is 2.53. The third kappa shape index (κ3) is 3.59. The zero-order chi connectivity index (χ0) is 20.7.